The normalized spacial score (nSPS) is 19.0. The van der Waals surface area contributed by atoms with Crippen LogP contribution in [0.15, 0.2) is 134 Å². The fraction of sp³-hybridized carbons (Fsp3) is 0.600. The number of unbranched alkanes of at least 4 members (excludes halogenated alkanes) is 11. The zero-order chi connectivity index (χ0) is 56.1. The number of carboxylic acid groups (broad SMARTS) is 1. The van der Waals surface area contributed by atoms with Crippen LogP contribution in [0, 0.1) is 0 Å². The van der Waals surface area contributed by atoms with Gasteiger partial charge in [0.15, 0.2) is 24.6 Å². The molecule has 1 aliphatic heterocycles. The summed E-state index contributed by atoms with van der Waals surface area (Å²) in [5, 5.41) is 31.5. The van der Waals surface area contributed by atoms with Crippen LogP contribution >= 0.6 is 0 Å². The van der Waals surface area contributed by atoms with Gasteiger partial charge in [-0.1, -0.05) is 206 Å². The summed E-state index contributed by atoms with van der Waals surface area (Å²) in [6.07, 6.45) is 60.3. The molecular formula is C65H100O12. The Hall–Kier alpha value is -5.14. The molecule has 0 saturated carbocycles. The molecule has 0 radical (unpaired) electrons. The quantitative estimate of drug-likeness (QED) is 0.0228. The minimum Gasteiger partial charge on any atom is -0.479 e. The van der Waals surface area contributed by atoms with E-state index in [0.717, 1.165) is 89.9 Å². The number of carboxylic acids is 1. The molecule has 0 amide bonds. The third-order valence-corrected chi connectivity index (χ3v) is 12.2. The molecule has 432 valence electrons. The van der Waals surface area contributed by atoms with Crippen molar-refractivity contribution >= 4 is 23.9 Å². The average Bonchev–Trinajstić information content (AvgIpc) is 3.42. The molecule has 1 fully saturated rings. The zero-order valence-corrected chi connectivity index (χ0v) is 47.4. The molecular weight excluding hydrogens is 973 g/mol. The minimum absolute atomic E-state index is 0.0177. The lowest BCUT2D eigenvalue weighted by molar-refractivity contribution is -0.301. The number of aliphatic hydroxyl groups is 2. The first kappa shape index (κ1) is 69.9. The van der Waals surface area contributed by atoms with Crippen molar-refractivity contribution in [3.05, 3.63) is 134 Å². The number of rotatable bonds is 47. The largest absolute Gasteiger partial charge is 0.479 e. The van der Waals surface area contributed by atoms with E-state index in [2.05, 4.69) is 124 Å². The number of carbonyl (C=O) groups excluding carboxylic acids is 3. The highest BCUT2D eigenvalue weighted by Gasteiger charge is 2.50. The lowest BCUT2D eigenvalue weighted by Gasteiger charge is -2.40. The van der Waals surface area contributed by atoms with Crippen molar-refractivity contribution in [1.29, 1.82) is 0 Å². The van der Waals surface area contributed by atoms with Gasteiger partial charge in [-0.05, 0) is 109 Å². The minimum atomic E-state index is -1.93. The summed E-state index contributed by atoms with van der Waals surface area (Å²) < 4.78 is 28.2. The Morgan fingerprint density at radius 2 is 0.844 bits per heavy atom. The molecule has 0 bridgehead atoms. The van der Waals surface area contributed by atoms with Crippen LogP contribution in [-0.2, 0) is 42.9 Å². The summed E-state index contributed by atoms with van der Waals surface area (Å²) >= 11 is 0. The number of esters is 3. The first-order chi connectivity index (χ1) is 37.6. The SMILES string of the molecule is CC/C=C\C/C=C\C/C=C\C/C=C\C/C=C\C/C=C\CCC(=O)OCC(COC1OC(C(=O)O)C(O)C(O)C1OC(=O)CCCCCCC/C=C\CCCCCCCC)OC(=O)CC/C=C\C/C=C\C/C=C\C/C=C\CC. The highest BCUT2D eigenvalue weighted by molar-refractivity contribution is 5.74. The van der Waals surface area contributed by atoms with Crippen LogP contribution in [0.25, 0.3) is 0 Å². The second-order valence-corrected chi connectivity index (χ2v) is 19.2. The molecule has 6 atom stereocenters. The Morgan fingerprint density at radius 1 is 0.442 bits per heavy atom. The standard InChI is InChI=1S/C65H100O12/c1-4-7-10-13-16-19-22-25-27-28-29-30-32-34-36-39-42-45-48-51-57(66)73-54-56(75-58(67)52-49-46-43-40-37-33-24-21-18-15-12-9-6-3)55-74-65-63(61(70)60(69)62(77-65)64(71)72)76-59(68)53-50-47-44-41-38-35-31-26-23-20-17-14-11-8-5-2/h7,9-10,12,16,18-19,21,25-27,29-31,33-34,36-37,42-43,45-46,56,60-63,65,69-70H,4-6,8,11,13-15,17,20,22-24,28,32,35,38-41,44,47-55H2,1-3H3,(H,71,72)/b10-7-,12-9-,19-16-,21-18-,27-25-,30-29-,31-26-,36-34-,37-33-,45-42-,46-43-. The Morgan fingerprint density at radius 3 is 1.30 bits per heavy atom. The predicted octanol–water partition coefficient (Wildman–Crippen LogP) is 15.0. The average molecular weight is 1070 g/mol. The number of hydrogen-bond donors (Lipinski definition) is 3. The number of carbonyl (C=O) groups is 4. The molecule has 1 aliphatic rings. The van der Waals surface area contributed by atoms with Crippen LogP contribution in [0.1, 0.15) is 201 Å². The van der Waals surface area contributed by atoms with Crippen molar-refractivity contribution in [2.24, 2.45) is 0 Å². The maximum atomic E-state index is 13.1. The third-order valence-electron chi connectivity index (χ3n) is 12.2. The molecule has 0 aromatic carbocycles. The van der Waals surface area contributed by atoms with E-state index in [1.54, 1.807) is 0 Å². The molecule has 6 unspecified atom stereocenters. The van der Waals surface area contributed by atoms with Crippen molar-refractivity contribution in [1.82, 2.24) is 0 Å². The molecule has 3 N–H and O–H groups in total. The summed E-state index contributed by atoms with van der Waals surface area (Å²) in [4.78, 5) is 51.0. The predicted molar refractivity (Wildman–Crippen MR) is 312 cm³/mol. The number of hydrogen-bond acceptors (Lipinski definition) is 11. The van der Waals surface area contributed by atoms with Crippen molar-refractivity contribution in [3.8, 4) is 0 Å². The number of aliphatic carboxylic acids is 1. The van der Waals surface area contributed by atoms with Gasteiger partial charge >= 0.3 is 23.9 Å². The van der Waals surface area contributed by atoms with E-state index in [-0.39, 0.29) is 19.3 Å². The van der Waals surface area contributed by atoms with Gasteiger partial charge in [-0.3, -0.25) is 14.4 Å². The van der Waals surface area contributed by atoms with E-state index in [0.29, 0.717) is 32.1 Å². The van der Waals surface area contributed by atoms with Crippen LogP contribution in [0.3, 0.4) is 0 Å². The second kappa shape index (κ2) is 51.6. The lowest BCUT2D eigenvalue weighted by atomic mass is 9.98. The van der Waals surface area contributed by atoms with E-state index >= 15 is 0 Å². The van der Waals surface area contributed by atoms with E-state index in [4.69, 9.17) is 23.7 Å². The van der Waals surface area contributed by atoms with E-state index in [1.807, 2.05) is 30.4 Å². The molecule has 1 rings (SSSR count). The summed E-state index contributed by atoms with van der Waals surface area (Å²) in [7, 11) is 0. The Labute approximate surface area is 464 Å². The second-order valence-electron chi connectivity index (χ2n) is 19.2. The monoisotopic (exact) mass is 1070 g/mol. The molecule has 1 heterocycles. The van der Waals surface area contributed by atoms with Gasteiger partial charge in [0.1, 0.15) is 18.8 Å². The Bertz CT molecular complexity index is 1850. The van der Waals surface area contributed by atoms with Gasteiger partial charge in [0.05, 0.1) is 6.61 Å². The van der Waals surface area contributed by atoms with Crippen LogP contribution in [0.5, 0.6) is 0 Å². The molecule has 77 heavy (non-hydrogen) atoms. The zero-order valence-electron chi connectivity index (χ0n) is 47.4. The molecule has 12 nitrogen and oxygen atoms in total. The summed E-state index contributed by atoms with van der Waals surface area (Å²) in [6, 6.07) is 0. The van der Waals surface area contributed by atoms with E-state index in [1.165, 1.54) is 38.5 Å². The summed E-state index contributed by atoms with van der Waals surface area (Å²) in [5.41, 5.74) is 0. The first-order valence-electron chi connectivity index (χ1n) is 29.2. The maximum Gasteiger partial charge on any atom is 0.335 e. The van der Waals surface area contributed by atoms with Gasteiger partial charge in [0.2, 0.25) is 0 Å². The van der Waals surface area contributed by atoms with Crippen molar-refractivity contribution in [2.45, 2.75) is 237 Å². The summed E-state index contributed by atoms with van der Waals surface area (Å²) in [6.45, 7) is 5.60. The smallest absolute Gasteiger partial charge is 0.335 e. The number of ether oxygens (including phenoxy) is 5. The molecule has 0 aromatic heterocycles. The van der Waals surface area contributed by atoms with Gasteiger partial charge in [-0.25, -0.2) is 4.79 Å². The molecule has 12 heteroatoms. The van der Waals surface area contributed by atoms with Crippen molar-refractivity contribution in [2.75, 3.05) is 13.2 Å². The van der Waals surface area contributed by atoms with Crippen LogP contribution in [-0.4, -0.2) is 89.2 Å². The molecule has 0 spiro atoms. The molecule has 1 saturated heterocycles. The number of aliphatic hydroxyl groups excluding tert-OH is 2. The first-order valence-corrected chi connectivity index (χ1v) is 29.2. The highest BCUT2D eigenvalue weighted by Crippen LogP contribution is 2.26. The van der Waals surface area contributed by atoms with Crippen molar-refractivity contribution in [3.63, 3.8) is 0 Å². The highest BCUT2D eigenvalue weighted by atomic mass is 16.7. The lowest BCUT2D eigenvalue weighted by Crippen LogP contribution is -2.61. The van der Waals surface area contributed by atoms with E-state index in [9.17, 15) is 34.5 Å². The number of allylic oxidation sites excluding steroid dienone is 22. The third kappa shape index (κ3) is 41.6. The topological polar surface area (TPSA) is 175 Å². The fourth-order valence-corrected chi connectivity index (χ4v) is 7.81. The van der Waals surface area contributed by atoms with Gasteiger partial charge in [-0.2, -0.15) is 0 Å². The van der Waals surface area contributed by atoms with Crippen molar-refractivity contribution < 1.29 is 58.2 Å². The van der Waals surface area contributed by atoms with Gasteiger partial charge in [-0.15, -0.1) is 0 Å². The van der Waals surface area contributed by atoms with Crippen LogP contribution < -0.4 is 0 Å². The van der Waals surface area contributed by atoms with E-state index < -0.39 is 73.9 Å². The van der Waals surface area contributed by atoms with Gasteiger partial charge in [0, 0.05) is 19.3 Å². The fourth-order valence-electron chi connectivity index (χ4n) is 7.81. The molecule has 0 aromatic rings. The maximum absolute atomic E-state index is 13.1. The Kier molecular flexibility index (Phi) is 46.8. The summed E-state index contributed by atoms with van der Waals surface area (Å²) in [5.74, 6) is -3.37. The van der Waals surface area contributed by atoms with Gasteiger partial charge < -0.3 is 39.0 Å². The van der Waals surface area contributed by atoms with Crippen LogP contribution in [0.4, 0.5) is 0 Å². The Balaban J connectivity index is 2.78. The molecule has 0 aliphatic carbocycles. The van der Waals surface area contributed by atoms with Gasteiger partial charge in [0.25, 0.3) is 0 Å². The van der Waals surface area contributed by atoms with Crippen LogP contribution in [0.2, 0.25) is 0 Å².